The van der Waals surface area contributed by atoms with Crippen LogP contribution in [-0.4, -0.2) is 32.2 Å². The fourth-order valence-electron chi connectivity index (χ4n) is 1.96. The molecule has 0 fully saturated rings. The SMILES string of the molecule is CS(=O)(=O)CCC(=O)Nc1ccc2c(c1)CCC(=O)N2. The number of amides is 2. The highest BCUT2D eigenvalue weighted by molar-refractivity contribution is 7.90. The number of carbonyl (C=O) groups excluding carboxylic acids is 2. The minimum absolute atomic E-state index is 0.0116. The molecular weight excluding hydrogens is 280 g/mol. The molecule has 0 bridgehead atoms. The first-order valence-corrected chi connectivity index (χ1v) is 8.30. The highest BCUT2D eigenvalue weighted by Gasteiger charge is 2.15. The van der Waals surface area contributed by atoms with Crippen LogP contribution in [0.3, 0.4) is 0 Å². The maximum absolute atomic E-state index is 11.6. The third-order valence-electron chi connectivity index (χ3n) is 2.98. The van der Waals surface area contributed by atoms with Gasteiger partial charge in [0.05, 0.1) is 5.75 Å². The lowest BCUT2D eigenvalue weighted by Gasteiger charge is -2.17. The quantitative estimate of drug-likeness (QED) is 0.865. The lowest BCUT2D eigenvalue weighted by Crippen LogP contribution is -2.20. The van der Waals surface area contributed by atoms with Crippen LogP contribution in [0.1, 0.15) is 18.4 Å². The van der Waals surface area contributed by atoms with Crippen LogP contribution in [0.15, 0.2) is 18.2 Å². The summed E-state index contributed by atoms with van der Waals surface area (Å²) >= 11 is 0. The highest BCUT2D eigenvalue weighted by Crippen LogP contribution is 2.25. The maximum atomic E-state index is 11.6. The molecule has 0 atom stereocenters. The van der Waals surface area contributed by atoms with Gasteiger partial charge in [0.15, 0.2) is 0 Å². The lowest BCUT2D eigenvalue weighted by atomic mass is 10.0. The monoisotopic (exact) mass is 296 g/mol. The van der Waals surface area contributed by atoms with Gasteiger partial charge in [-0.25, -0.2) is 8.42 Å². The Kier molecular flexibility index (Phi) is 4.08. The van der Waals surface area contributed by atoms with E-state index in [2.05, 4.69) is 10.6 Å². The number of anilines is 2. The number of nitrogens with one attached hydrogen (secondary N) is 2. The maximum Gasteiger partial charge on any atom is 0.225 e. The van der Waals surface area contributed by atoms with Gasteiger partial charge in [-0.15, -0.1) is 0 Å². The van der Waals surface area contributed by atoms with Gasteiger partial charge in [-0.2, -0.15) is 0 Å². The van der Waals surface area contributed by atoms with Gasteiger partial charge in [-0.1, -0.05) is 0 Å². The molecule has 0 aromatic heterocycles. The molecule has 0 radical (unpaired) electrons. The molecule has 0 saturated carbocycles. The van der Waals surface area contributed by atoms with Gasteiger partial charge in [0.2, 0.25) is 11.8 Å². The van der Waals surface area contributed by atoms with E-state index in [1.54, 1.807) is 18.2 Å². The van der Waals surface area contributed by atoms with Crippen LogP contribution in [-0.2, 0) is 25.8 Å². The molecule has 0 saturated heterocycles. The van der Waals surface area contributed by atoms with E-state index in [0.717, 1.165) is 17.5 Å². The molecule has 0 aliphatic carbocycles. The Morgan fingerprint density at radius 1 is 1.35 bits per heavy atom. The first kappa shape index (κ1) is 14.5. The predicted molar refractivity (Wildman–Crippen MR) is 76.4 cm³/mol. The van der Waals surface area contributed by atoms with Crippen LogP contribution >= 0.6 is 0 Å². The van der Waals surface area contributed by atoms with Crippen molar-refractivity contribution in [2.75, 3.05) is 22.6 Å². The van der Waals surface area contributed by atoms with Gasteiger partial charge < -0.3 is 10.6 Å². The molecule has 20 heavy (non-hydrogen) atoms. The number of hydrogen-bond donors (Lipinski definition) is 2. The minimum Gasteiger partial charge on any atom is -0.326 e. The molecule has 0 spiro atoms. The first-order valence-electron chi connectivity index (χ1n) is 6.24. The largest absolute Gasteiger partial charge is 0.326 e. The van der Waals surface area contributed by atoms with E-state index in [-0.39, 0.29) is 24.0 Å². The summed E-state index contributed by atoms with van der Waals surface area (Å²) in [5.74, 6) is -0.516. The van der Waals surface area contributed by atoms with Gasteiger partial charge in [0.25, 0.3) is 0 Å². The lowest BCUT2D eigenvalue weighted by molar-refractivity contribution is -0.117. The van der Waals surface area contributed by atoms with E-state index in [4.69, 9.17) is 0 Å². The molecule has 1 aromatic carbocycles. The van der Waals surface area contributed by atoms with E-state index in [0.29, 0.717) is 18.5 Å². The number of sulfone groups is 1. The van der Waals surface area contributed by atoms with Gasteiger partial charge in [0.1, 0.15) is 9.84 Å². The zero-order valence-corrected chi connectivity index (χ0v) is 11.9. The standard InChI is InChI=1S/C13H16N2O4S/c1-20(18,19)7-6-13(17)14-10-3-4-11-9(8-10)2-5-12(16)15-11/h3-4,8H,2,5-7H2,1H3,(H,14,17)(H,15,16). The molecule has 1 aromatic rings. The smallest absolute Gasteiger partial charge is 0.225 e. The zero-order valence-electron chi connectivity index (χ0n) is 11.1. The highest BCUT2D eigenvalue weighted by atomic mass is 32.2. The van der Waals surface area contributed by atoms with Crippen LogP contribution in [0.25, 0.3) is 0 Å². The Labute approximate surface area is 117 Å². The van der Waals surface area contributed by atoms with Crippen molar-refractivity contribution < 1.29 is 18.0 Å². The van der Waals surface area contributed by atoms with E-state index >= 15 is 0 Å². The van der Waals surface area contributed by atoms with Crippen molar-refractivity contribution in [3.63, 3.8) is 0 Å². The molecule has 7 heteroatoms. The summed E-state index contributed by atoms with van der Waals surface area (Å²) in [5, 5.41) is 5.41. The second-order valence-electron chi connectivity index (χ2n) is 4.85. The Balaban J connectivity index is 2.00. The van der Waals surface area contributed by atoms with Gasteiger partial charge in [0, 0.05) is 30.5 Å². The van der Waals surface area contributed by atoms with Crippen molar-refractivity contribution in [1.29, 1.82) is 0 Å². The summed E-state index contributed by atoms with van der Waals surface area (Å²) in [6, 6.07) is 5.22. The summed E-state index contributed by atoms with van der Waals surface area (Å²) in [5.41, 5.74) is 2.33. The van der Waals surface area contributed by atoms with Gasteiger partial charge >= 0.3 is 0 Å². The average molecular weight is 296 g/mol. The molecule has 1 aliphatic rings. The first-order chi connectivity index (χ1) is 9.33. The topological polar surface area (TPSA) is 92.3 Å². The predicted octanol–water partition coefficient (Wildman–Crippen LogP) is 0.944. The number of fused-ring (bicyclic) bond motifs is 1. The molecule has 108 valence electrons. The van der Waals surface area contributed by atoms with E-state index < -0.39 is 9.84 Å². The molecule has 2 amide bonds. The Morgan fingerprint density at radius 2 is 2.10 bits per heavy atom. The Hall–Kier alpha value is -1.89. The summed E-state index contributed by atoms with van der Waals surface area (Å²) in [4.78, 5) is 22.9. The van der Waals surface area contributed by atoms with E-state index in [1.807, 2.05) is 0 Å². The van der Waals surface area contributed by atoms with Crippen molar-refractivity contribution in [3.05, 3.63) is 23.8 Å². The van der Waals surface area contributed by atoms with Crippen molar-refractivity contribution in [1.82, 2.24) is 0 Å². The fourth-order valence-corrected chi connectivity index (χ4v) is 2.52. The number of benzene rings is 1. The third kappa shape index (κ3) is 4.06. The van der Waals surface area contributed by atoms with Crippen molar-refractivity contribution in [2.24, 2.45) is 0 Å². The van der Waals surface area contributed by atoms with Crippen LogP contribution in [0.4, 0.5) is 11.4 Å². The number of aryl methyl sites for hydroxylation is 1. The van der Waals surface area contributed by atoms with Crippen molar-refractivity contribution in [2.45, 2.75) is 19.3 Å². The normalized spacial score (nSPS) is 14.3. The Bertz CT molecular complexity index is 652. The molecule has 2 N–H and O–H groups in total. The molecular formula is C13H16N2O4S. The average Bonchev–Trinajstić information content (AvgIpc) is 2.36. The van der Waals surface area contributed by atoms with Crippen LogP contribution in [0.5, 0.6) is 0 Å². The number of hydrogen-bond acceptors (Lipinski definition) is 4. The molecule has 2 rings (SSSR count). The second kappa shape index (κ2) is 5.62. The summed E-state index contributed by atoms with van der Waals surface area (Å²) in [6.45, 7) is 0. The fraction of sp³-hybridized carbons (Fsp3) is 0.385. The van der Waals surface area contributed by atoms with Crippen molar-refractivity contribution in [3.8, 4) is 0 Å². The summed E-state index contributed by atoms with van der Waals surface area (Å²) < 4.78 is 22.0. The summed E-state index contributed by atoms with van der Waals surface area (Å²) in [7, 11) is -3.14. The van der Waals surface area contributed by atoms with Crippen LogP contribution in [0.2, 0.25) is 0 Å². The summed E-state index contributed by atoms with van der Waals surface area (Å²) in [6.07, 6.45) is 2.10. The third-order valence-corrected chi connectivity index (χ3v) is 3.93. The number of rotatable bonds is 4. The van der Waals surface area contributed by atoms with Gasteiger partial charge in [-0.3, -0.25) is 9.59 Å². The van der Waals surface area contributed by atoms with Crippen LogP contribution < -0.4 is 10.6 Å². The van der Waals surface area contributed by atoms with Crippen molar-refractivity contribution >= 4 is 33.0 Å². The Morgan fingerprint density at radius 3 is 2.80 bits per heavy atom. The molecule has 1 aliphatic heterocycles. The van der Waals surface area contributed by atoms with E-state index in [1.165, 1.54) is 0 Å². The molecule has 0 unspecified atom stereocenters. The second-order valence-corrected chi connectivity index (χ2v) is 7.11. The molecule has 1 heterocycles. The molecule has 6 nitrogen and oxygen atoms in total. The van der Waals surface area contributed by atoms with E-state index in [9.17, 15) is 18.0 Å². The van der Waals surface area contributed by atoms with Crippen LogP contribution in [0, 0.1) is 0 Å². The number of carbonyl (C=O) groups is 2. The van der Waals surface area contributed by atoms with Gasteiger partial charge in [-0.05, 0) is 30.2 Å². The zero-order chi connectivity index (χ0) is 14.8. The minimum atomic E-state index is -3.14.